The second-order valence-corrected chi connectivity index (χ2v) is 4.42. The van der Waals surface area contributed by atoms with Gasteiger partial charge in [0.05, 0.1) is 12.8 Å². The van der Waals surface area contributed by atoms with Gasteiger partial charge in [0.15, 0.2) is 5.43 Å². The minimum atomic E-state index is -0.119. The van der Waals surface area contributed by atoms with Crippen molar-refractivity contribution in [3.63, 3.8) is 0 Å². The van der Waals surface area contributed by atoms with Gasteiger partial charge < -0.3 is 14.3 Å². The lowest BCUT2D eigenvalue weighted by Crippen LogP contribution is -2.29. The van der Waals surface area contributed by atoms with Crippen LogP contribution in [0.25, 0.3) is 0 Å². The summed E-state index contributed by atoms with van der Waals surface area (Å²) in [7, 11) is 0. The molecule has 0 saturated carbocycles. The summed E-state index contributed by atoms with van der Waals surface area (Å²) >= 11 is 0. The largest absolute Gasteiger partial charge is 0.467 e. The number of furan rings is 1. The molecule has 2 heterocycles. The van der Waals surface area contributed by atoms with Gasteiger partial charge in [-0.1, -0.05) is 0 Å². The third-order valence-corrected chi connectivity index (χ3v) is 2.90. The van der Waals surface area contributed by atoms with Crippen LogP contribution in [0.4, 0.5) is 0 Å². The first-order valence-corrected chi connectivity index (χ1v) is 6.03. The average molecular weight is 260 g/mol. The van der Waals surface area contributed by atoms with Gasteiger partial charge in [-0.2, -0.15) is 0 Å². The first kappa shape index (κ1) is 13.1. The molecule has 0 aromatic carbocycles. The van der Waals surface area contributed by atoms with Gasteiger partial charge >= 0.3 is 0 Å². The van der Waals surface area contributed by atoms with Crippen molar-refractivity contribution in [2.24, 2.45) is 0 Å². The molecule has 1 N–H and O–H groups in total. The first-order valence-electron chi connectivity index (χ1n) is 6.03. The molecule has 0 fully saturated rings. The fourth-order valence-electron chi connectivity index (χ4n) is 1.94. The minimum Gasteiger partial charge on any atom is -0.467 e. The lowest BCUT2D eigenvalue weighted by molar-refractivity contribution is -0.122. The van der Waals surface area contributed by atoms with Crippen molar-refractivity contribution in [2.45, 2.75) is 26.9 Å². The van der Waals surface area contributed by atoms with E-state index in [-0.39, 0.29) is 17.9 Å². The quantitative estimate of drug-likeness (QED) is 0.903. The highest BCUT2D eigenvalue weighted by atomic mass is 16.3. The van der Waals surface area contributed by atoms with E-state index in [0.29, 0.717) is 12.3 Å². The molecule has 2 rings (SSSR count). The number of carbonyl (C=O) groups is 1. The molecule has 0 aliphatic carbocycles. The van der Waals surface area contributed by atoms with E-state index in [1.54, 1.807) is 23.0 Å². The molecule has 2 aromatic rings. The molecular formula is C14H16N2O3. The van der Waals surface area contributed by atoms with Crippen LogP contribution >= 0.6 is 0 Å². The maximum Gasteiger partial charge on any atom is 0.240 e. The van der Waals surface area contributed by atoms with E-state index in [2.05, 4.69) is 5.32 Å². The summed E-state index contributed by atoms with van der Waals surface area (Å²) in [5, 5.41) is 2.77. The number of aryl methyl sites for hydroxylation is 2. The van der Waals surface area contributed by atoms with Crippen LogP contribution in [-0.2, 0) is 17.9 Å². The molecule has 0 aliphatic rings. The Hall–Kier alpha value is -2.30. The van der Waals surface area contributed by atoms with Crippen LogP contribution < -0.4 is 10.7 Å². The zero-order valence-corrected chi connectivity index (χ0v) is 11.0. The SMILES string of the molecule is Cc1cc(=O)cc(C)n1CC(=O)NCc1ccco1. The molecule has 0 bridgehead atoms. The molecule has 0 atom stereocenters. The molecule has 19 heavy (non-hydrogen) atoms. The Kier molecular flexibility index (Phi) is 3.85. The van der Waals surface area contributed by atoms with E-state index < -0.39 is 0 Å². The van der Waals surface area contributed by atoms with Gasteiger partial charge in [0.1, 0.15) is 12.3 Å². The maximum absolute atomic E-state index is 11.8. The van der Waals surface area contributed by atoms with E-state index >= 15 is 0 Å². The second-order valence-electron chi connectivity index (χ2n) is 4.42. The molecule has 5 nitrogen and oxygen atoms in total. The maximum atomic E-state index is 11.8. The standard InChI is InChI=1S/C14H16N2O3/c1-10-6-12(17)7-11(2)16(10)9-14(18)15-8-13-4-3-5-19-13/h3-7H,8-9H2,1-2H3,(H,15,18). The van der Waals surface area contributed by atoms with Gasteiger partial charge in [0, 0.05) is 23.5 Å². The van der Waals surface area contributed by atoms with Gasteiger partial charge in [-0.25, -0.2) is 0 Å². The van der Waals surface area contributed by atoms with Crippen molar-refractivity contribution in [1.29, 1.82) is 0 Å². The highest BCUT2D eigenvalue weighted by Crippen LogP contribution is 2.02. The summed E-state index contributed by atoms with van der Waals surface area (Å²) in [4.78, 5) is 23.1. The third-order valence-electron chi connectivity index (χ3n) is 2.90. The Labute approximate surface area is 110 Å². The van der Waals surface area contributed by atoms with E-state index in [0.717, 1.165) is 11.4 Å². The van der Waals surface area contributed by atoms with Crippen molar-refractivity contribution in [2.75, 3.05) is 0 Å². The topological polar surface area (TPSA) is 64.2 Å². The molecule has 1 amide bonds. The number of aromatic nitrogens is 1. The van der Waals surface area contributed by atoms with Crippen LogP contribution in [-0.4, -0.2) is 10.5 Å². The Balaban J connectivity index is 2.01. The fraction of sp³-hybridized carbons (Fsp3) is 0.286. The number of nitrogens with zero attached hydrogens (tertiary/aromatic N) is 1. The molecule has 0 saturated heterocycles. The van der Waals surface area contributed by atoms with Gasteiger partial charge in [0.2, 0.25) is 5.91 Å². The molecule has 0 unspecified atom stereocenters. The van der Waals surface area contributed by atoms with Crippen molar-refractivity contribution in [1.82, 2.24) is 9.88 Å². The predicted octanol–water partition coefficient (Wildman–Crippen LogP) is 1.37. The average Bonchev–Trinajstić information content (AvgIpc) is 2.84. The van der Waals surface area contributed by atoms with E-state index in [9.17, 15) is 9.59 Å². The number of amides is 1. The van der Waals surface area contributed by atoms with Gasteiger partial charge in [-0.3, -0.25) is 9.59 Å². The van der Waals surface area contributed by atoms with Crippen LogP contribution in [0, 0.1) is 13.8 Å². The number of carbonyl (C=O) groups excluding carboxylic acids is 1. The monoisotopic (exact) mass is 260 g/mol. The first-order chi connectivity index (χ1) is 9.06. The molecule has 5 heteroatoms. The highest BCUT2D eigenvalue weighted by Gasteiger charge is 2.07. The van der Waals surface area contributed by atoms with E-state index in [1.165, 1.54) is 12.1 Å². The number of nitrogens with one attached hydrogen (secondary N) is 1. The van der Waals surface area contributed by atoms with Crippen molar-refractivity contribution < 1.29 is 9.21 Å². The summed E-state index contributed by atoms with van der Waals surface area (Å²) in [6.07, 6.45) is 1.57. The van der Waals surface area contributed by atoms with Crippen LogP contribution in [0.15, 0.2) is 39.7 Å². The zero-order valence-electron chi connectivity index (χ0n) is 11.0. The van der Waals surface area contributed by atoms with Gasteiger partial charge in [-0.05, 0) is 26.0 Å². The lowest BCUT2D eigenvalue weighted by atomic mass is 10.3. The normalized spacial score (nSPS) is 10.4. The highest BCUT2D eigenvalue weighted by molar-refractivity contribution is 5.75. The van der Waals surface area contributed by atoms with Crippen molar-refractivity contribution in [3.8, 4) is 0 Å². The van der Waals surface area contributed by atoms with Crippen LogP contribution in [0.1, 0.15) is 17.1 Å². The summed E-state index contributed by atoms with van der Waals surface area (Å²) < 4.78 is 6.94. The third kappa shape index (κ3) is 3.34. The molecule has 0 aliphatic heterocycles. The Bertz CT molecular complexity index is 600. The lowest BCUT2D eigenvalue weighted by Gasteiger charge is -2.13. The van der Waals surface area contributed by atoms with E-state index in [1.807, 2.05) is 13.8 Å². The summed E-state index contributed by atoms with van der Waals surface area (Å²) in [6, 6.07) is 6.62. The fourth-order valence-corrected chi connectivity index (χ4v) is 1.94. The number of hydrogen-bond donors (Lipinski definition) is 1. The Morgan fingerprint density at radius 3 is 2.58 bits per heavy atom. The summed E-state index contributed by atoms with van der Waals surface area (Å²) in [6.45, 7) is 4.19. The smallest absolute Gasteiger partial charge is 0.240 e. The molecule has 0 spiro atoms. The van der Waals surface area contributed by atoms with E-state index in [4.69, 9.17) is 4.42 Å². The van der Waals surface area contributed by atoms with Gasteiger partial charge in [-0.15, -0.1) is 0 Å². The molecule has 0 radical (unpaired) electrons. The Morgan fingerprint density at radius 2 is 2.00 bits per heavy atom. The van der Waals surface area contributed by atoms with Crippen molar-refractivity contribution in [3.05, 3.63) is 57.9 Å². The Morgan fingerprint density at radius 1 is 1.32 bits per heavy atom. The van der Waals surface area contributed by atoms with Crippen molar-refractivity contribution >= 4 is 5.91 Å². The van der Waals surface area contributed by atoms with Crippen LogP contribution in [0.5, 0.6) is 0 Å². The van der Waals surface area contributed by atoms with Crippen LogP contribution in [0.2, 0.25) is 0 Å². The summed E-state index contributed by atoms with van der Waals surface area (Å²) in [5.74, 6) is 0.591. The van der Waals surface area contributed by atoms with Crippen LogP contribution in [0.3, 0.4) is 0 Å². The number of rotatable bonds is 4. The van der Waals surface area contributed by atoms with Gasteiger partial charge in [0.25, 0.3) is 0 Å². The minimum absolute atomic E-state index is 0.0396. The zero-order chi connectivity index (χ0) is 13.8. The molecular weight excluding hydrogens is 244 g/mol. The molecule has 2 aromatic heterocycles. The predicted molar refractivity (Wildman–Crippen MR) is 70.7 cm³/mol. The second kappa shape index (κ2) is 5.56. The number of hydrogen-bond acceptors (Lipinski definition) is 3. The number of pyridine rings is 1. The molecule has 100 valence electrons. The summed E-state index contributed by atoms with van der Waals surface area (Å²) in [5.41, 5.74) is 1.51.